The van der Waals surface area contributed by atoms with Crippen LogP contribution in [0.15, 0.2) is 47.4 Å². The number of fused-ring (bicyclic) bond motifs is 2. The molecule has 0 radical (unpaired) electrons. The van der Waals surface area contributed by atoms with Gasteiger partial charge in [-0.15, -0.1) is 0 Å². The molecule has 0 N–H and O–H groups in total. The largest absolute Gasteiger partial charge is 0.417 e. The van der Waals surface area contributed by atoms with Gasteiger partial charge in [0.1, 0.15) is 11.5 Å². The van der Waals surface area contributed by atoms with Crippen LogP contribution in [-0.4, -0.2) is 26.7 Å². The third kappa shape index (κ3) is 3.02. The van der Waals surface area contributed by atoms with Crippen LogP contribution in [0.4, 0.5) is 17.6 Å². The van der Waals surface area contributed by atoms with Crippen molar-refractivity contribution in [1.29, 1.82) is 0 Å². The van der Waals surface area contributed by atoms with Crippen LogP contribution < -0.4 is 5.56 Å². The van der Waals surface area contributed by atoms with Gasteiger partial charge in [0.2, 0.25) is 0 Å². The highest BCUT2D eigenvalue weighted by Crippen LogP contribution is 2.32. The van der Waals surface area contributed by atoms with Gasteiger partial charge in [0, 0.05) is 19.2 Å². The summed E-state index contributed by atoms with van der Waals surface area (Å²) < 4.78 is 54.2. The van der Waals surface area contributed by atoms with Crippen molar-refractivity contribution in [3.8, 4) is 0 Å². The summed E-state index contributed by atoms with van der Waals surface area (Å²) in [5.41, 5.74) is -1.13. The predicted molar refractivity (Wildman–Crippen MR) is 91.3 cm³/mol. The van der Waals surface area contributed by atoms with Crippen molar-refractivity contribution in [1.82, 2.24) is 14.3 Å². The van der Waals surface area contributed by atoms with Crippen molar-refractivity contribution in [3.63, 3.8) is 0 Å². The average molecular weight is 391 g/mol. The molecule has 1 amide bonds. The van der Waals surface area contributed by atoms with E-state index in [-0.39, 0.29) is 30.7 Å². The van der Waals surface area contributed by atoms with Gasteiger partial charge in [-0.2, -0.15) is 13.2 Å². The number of carbonyl (C=O) groups is 1. The molecule has 1 aliphatic rings. The van der Waals surface area contributed by atoms with E-state index in [2.05, 4.69) is 4.98 Å². The van der Waals surface area contributed by atoms with E-state index in [1.54, 1.807) is 0 Å². The molecule has 1 aliphatic heterocycles. The maximum absolute atomic E-state index is 13.5. The van der Waals surface area contributed by atoms with Gasteiger partial charge in [-0.25, -0.2) is 9.37 Å². The van der Waals surface area contributed by atoms with Crippen LogP contribution in [0.5, 0.6) is 0 Å². The minimum absolute atomic E-state index is 0.127. The molecule has 0 aliphatic carbocycles. The minimum atomic E-state index is -4.67. The highest BCUT2D eigenvalue weighted by molar-refractivity contribution is 5.96. The summed E-state index contributed by atoms with van der Waals surface area (Å²) in [6.45, 7) is -0.0620. The van der Waals surface area contributed by atoms with Crippen LogP contribution in [-0.2, 0) is 19.1 Å². The third-order valence-corrected chi connectivity index (χ3v) is 4.68. The molecule has 0 saturated heterocycles. The molecule has 0 unspecified atom stereocenters. The van der Waals surface area contributed by atoms with Crippen LogP contribution in [0.2, 0.25) is 0 Å². The molecule has 0 atom stereocenters. The van der Waals surface area contributed by atoms with E-state index in [0.717, 1.165) is 22.7 Å². The fourth-order valence-electron chi connectivity index (χ4n) is 3.33. The van der Waals surface area contributed by atoms with Gasteiger partial charge >= 0.3 is 6.18 Å². The molecule has 28 heavy (non-hydrogen) atoms. The summed E-state index contributed by atoms with van der Waals surface area (Å²) in [7, 11) is 0. The number of pyridine rings is 1. The molecule has 0 fully saturated rings. The molecule has 1 aromatic carbocycles. The van der Waals surface area contributed by atoms with Gasteiger partial charge in [-0.05, 0) is 24.3 Å². The van der Waals surface area contributed by atoms with Gasteiger partial charge in [0.05, 0.1) is 28.9 Å². The molecule has 4 rings (SSSR count). The molecule has 3 aromatic rings. The summed E-state index contributed by atoms with van der Waals surface area (Å²) in [4.78, 5) is 30.9. The molecule has 3 heterocycles. The van der Waals surface area contributed by atoms with E-state index in [1.165, 1.54) is 29.2 Å². The van der Waals surface area contributed by atoms with E-state index >= 15 is 0 Å². The first-order valence-electron chi connectivity index (χ1n) is 8.41. The summed E-state index contributed by atoms with van der Waals surface area (Å²) in [6.07, 6.45) is -3.46. The van der Waals surface area contributed by atoms with E-state index < -0.39 is 34.6 Å². The van der Waals surface area contributed by atoms with Crippen molar-refractivity contribution in [2.24, 2.45) is 0 Å². The fourth-order valence-corrected chi connectivity index (χ4v) is 3.33. The summed E-state index contributed by atoms with van der Waals surface area (Å²) >= 11 is 0. The number of rotatable bonds is 1. The summed E-state index contributed by atoms with van der Waals surface area (Å²) in [5, 5.41) is 0. The van der Waals surface area contributed by atoms with Crippen molar-refractivity contribution in [2.75, 3.05) is 6.54 Å². The first-order valence-corrected chi connectivity index (χ1v) is 8.41. The van der Waals surface area contributed by atoms with E-state index in [1.807, 2.05) is 0 Å². The normalized spacial score (nSPS) is 14.2. The number of aromatic nitrogens is 2. The highest BCUT2D eigenvalue weighted by Gasteiger charge is 2.36. The zero-order valence-corrected chi connectivity index (χ0v) is 14.3. The SMILES string of the molecule is O=C(c1ccccc1C(F)(F)F)N1CCc2nc3ccc(F)cn3c(=O)c2C1. The van der Waals surface area contributed by atoms with Gasteiger partial charge in [0.15, 0.2) is 0 Å². The first kappa shape index (κ1) is 18.1. The molecule has 5 nitrogen and oxygen atoms in total. The Morgan fingerprint density at radius 2 is 1.86 bits per heavy atom. The molecule has 0 spiro atoms. The lowest BCUT2D eigenvalue weighted by atomic mass is 10.0. The Bertz CT molecular complexity index is 1150. The second-order valence-electron chi connectivity index (χ2n) is 6.44. The van der Waals surface area contributed by atoms with Crippen molar-refractivity contribution >= 4 is 11.6 Å². The quantitative estimate of drug-likeness (QED) is 0.600. The second kappa shape index (κ2) is 6.43. The Kier molecular flexibility index (Phi) is 4.17. The topological polar surface area (TPSA) is 54.7 Å². The zero-order valence-electron chi connectivity index (χ0n) is 14.3. The zero-order chi connectivity index (χ0) is 20.1. The number of nitrogens with zero attached hydrogens (tertiary/aromatic N) is 3. The maximum Gasteiger partial charge on any atom is 0.417 e. The van der Waals surface area contributed by atoms with Crippen LogP contribution in [0.3, 0.4) is 0 Å². The number of carbonyl (C=O) groups excluding carboxylic acids is 1. The Hall–Kier alpha value is -3.23. The maximum atomic E-state index is 13.5. The standard InChI is InChI=1S/C19H13F4N3O2/c20-11-5-6-16-24-15-7-8-25(10-13(15)18(28)26(16)9-11)17(27)12-3-1-2-4-14(12)19(21,22)23/h1-6,9H,7-8,10H2. The molecule has 144 valence electrons. The first-order chi connectivity index (χ1) is 13.3. The number of amides is 1. The van der Waals surface area contributed by atoms with Crippen LogP contribution in [0.1, 0.15) is 27.2 Å². The molecular formula is C19H13F4N3O2. The van der Waals surface area contributed by atoms with Crippen LogP contribution in [0.25, 0.3) is 5.65 Å². The number of hydrogen-bond donors (Lipinski definition) is 0. The Labute approximate surface area is 155 Å². The lowest BCUT2D eigenvalue weighted by molar-refractivity contribution is -0.138. The number of hydrogen-bond acceptors (Lipinski definition) is 3. The van der Waals surface area contributed by atoms with E-state index in [4.69, 9.17) is 0 Å². The van der Waals surface area contributed by atoms with Gasteiger partial charge in [-0.3, -0.25) is 14.0 Å². The van der Waals surface area contributed by atoms with Crippen LogP contribution >= 0.6 is 0 Å². The lowest BCUT2D eigenvalue weighted by Crippen LogP contribution is -2.40. The Morgan fingerprint density at radius 1 is 1.11 bits per heavy atom. The monoisotopic (exact) mass is 391 g/mol. The van der Waals surface area contributed by atoms with Crippen molar-refractivity contribution < 1.29 is 22.4 Å². The van der Waals surface area contributed by atoms with Gasteiger partial charge < -0.3 is 4.90 Å². The van der Waals surface area contributed by atoms with Crippen LogP contribution in [0, 0.1) is 5.82 Å². The smallest absolute Gasteiger partial charge is 0.334 e. The number of alkyl halides is 3. The predicted octanol–water partition coefficient (Wildman–Crippen LogP) is 3.05. The number of halogens is 4. The molecular weight excluding hydrogens is 378 g/mol. The Morgan fingerprint density at radius 3 is 2.61 bits per heavy atom. The van der Waals surface area contributed by atoms with E-state index in [0.29, 0.717) is 5.69 Å². The summed E-state index contributed by atoms with van der Waals surface area (Å²) in [6, 6.07) is 7.07. The molecule has 0 bridgehead atoms. The van der Waals surface area contributed by atoms with Gasteiger partial charge in [0.25, 0.3) is 11.5 Å². The third-order valence-electron chi connectivity index (χ3n) is 4.68. The van der Waals surface area contributed by atoms with Gasteiger partial charge in [-0.1, -0.05) is 12.1 Å². The molecule has 2 aromatic heterocycles. The number of benzene rings is 1. The average Bonchev–Trinajstić information content (AvgIpc) is 2.67. The second-order valence-corrected chi connectivity index (χ2v) is 6.44. The van der Waals surface area contributed by atoms with E-state index in [9.17, 15) is 27.2 Å². The minimum Gasteiger partial charge on any atom is -0.334 e. The van der Waals surface area contributed by atoms with Crippen molar-refractivity contribution in [3.05, 3.63) is 81.2 Å². The Balaban J connectivity index is 1.74. The summed E-state index contributed by atoms with van der Waals surface area (Å²) in [5.74, 6) is -1.44. The fraction of sp³-hybridized carbons (Fsp3) is 0.211. The molecule has 0 saturated carbocycles. The molecule has 9 heteroatoms. The lowest BCUT2D eigenvalue weighted by Gasteiger charge is -2.29. The van der Waals surface area contributed by atoms with Crippen molar-refractivity contribution in [2.45, 2.75) is 19.1 Å². The highest BCUT2D eigenvalue weighted by atomic mass is 19.4.